The van der Waals surface area contributed by atoms with E-state index in [9.17, 15) is 18.3 Å². The molecule has 2 aromatic rings. The summed E-state index contributed by atoms with van der Waals surface area (Å²) in [5.41, 5.74) is 3.31. The van der Waals surface area contributed by atoms with Crippen molar-refractivity contribution in [2.24, 2.45) is 11.8 Å². The molecule has 1 spiro atoms. The molecule has 1 saturated carbocycles. The van der Waals surface area contributed by atoms with Gasteiger partial charge >= 0.3 is 0 Å². The van der Waals surface area contributed by atoms with Crippen molar-refractivity contribution in [3.05, 3.63) is 70.3 Å². The molecule has 0 aromatic heterocycles. The Morgan fingerprint density at radius 1 is 1.09 bits per heavy atom. The number of aliphatic hydroxyl groups excluding tert-OH is 1. The van der Waals surface area contributed by atoms with E-state index in [2.05, 4.69) is 26.7 Å². The number of aryl methyl sites for hydroxylation is 1. The second-order valence-electron chi connectivity index (χ2n) is 13.8. The summed E-state index contributed by atoms with van der Waals surface area (Å²) in [6.45, 7) is 4.62. The van der Waals surface area contributed by atoms with E-state index in [1.54, 1.807) is 18.2 Å². The zero-order valence-corrected chi connectivity index (χ0v) is 27.8. The summed E-state index contributed by atoms with van der Waals surface area (Å²) in [4.78, 5) is 18.1. The molecule has 5 atom stereocenters. The second-order valence-corrected chi connectivity index (χ2v) is 16.2. The summed E-state index contributed by atoms with van der Waals surface area (Å²) in [7, 11) is -4.01. The standard InChI is InChI=1S/C35H44ClN3O6S/c36-27-9-11-30-24(18-27)4-3-13-35(30)22-39-20-26-7-10-29(26)32(40)6-2-1-5-28(21-38-14-16-44-17-15-38)46(42,43)37-34(41)25-8-12-33(45-23-35)31(39)19-25/h2,6,8-9,11-12,18-19,26,28-29,32,40H,1,3-5,7,10,13-17,20-23H2,(H,37,41)/b6-2+/t26-,28+,29+,32-,35-/m0/s1. The number of amides is 1. The van der Waals surface area contributed by atoms with E-state index in [0.29, 0.717) is 71.1 Å². The molecule has 2 N–H and O–H groups in total. The predicted molar refractivity (Wildman–Crippen MR) is 178 cm³/mol. The van der Waals surface area contributed by atoms with Crippen LogP contribution in [0.4, 0.5) is 5.69 Å². The predicted octanol–water partition coefficient (Wildman–Crippen LogP) is 4.31. The number of ether oxygens (including phenoxy) is 2. The zero-order valence-electron chi connectivity index (χ0n) is 26.2. The number of halogens is 1. The van der Waals surface area contributed by atoms with Gasteiger partial charge < -0.3 is 19.5 Å². The molecule has 7 rings (SSSR count). The van der Waals surface area contributed by atoms with Gasteiger partial charge in [-0.15, -0.1) is 0 Å². The van der Waals surface area contributed by atoms with Gasteiger partial charge in [0.05, 0.1) is 36.9 Å². The van der Waals surface area contributed by atoms with Gasteiger partial charge in [0.15, 0.2) is 0 Å². The Balaban J connectivity index is 1.25. The maximum Gasteiger partial charge on any atom is 0.264 e. The molecule has 3 heterocycles. The van der Waals surface area contributed by atoms with Gasteiger partial charge in [0.2, 0.25) is 10.0 Å². The van der Waals surface area contributed by atoms with Crippen molar-refractivity contribution in [3.63, 3.8) is 0 Å². The number of aliphatic hydroxyl groups is 1. The lowest BCUT2D eigenvalue weighted by Gasteiger charge is -2.45. The lowest BCUT2D eigenvalue weighted by atomic mass is 9.68. The highest BCUT2D eigenvalue weighted by atomic mass is 35.5. The number of rotatable bonds is 2. The smallest absolute Gasteiger partial charge is 0.264 e. The molecule has 11 heteroatoms. The Bertz CT molecular complexity index is 1590. The lowest BCUT2D eigenvalue weighted by Crippen LogP contribution is -2.49. The van der Waals surface area contributed by atoms with Gasteiger partial charge in [-0.05, 0) is 98.2 Å². The molecular formula is C35H44ClN3O6S. The number of fused-ring (bicyclic) bond motifs is 4. The molecule has 0 radical (unpaired) electrons. The molecule has 5 aliphatic rings. The molecule has 1 saturated heterocycles. The number of hydrogen-bond acceptors (Lipinski definition) is 8. The van der Waals surface area contributed by atoms with Crippen LogP contribution in [0.25, 0.3) is 0 Å². The second kappa shape index (κ2) is 13.1. The fourth-order valence-corrected chi connectivity index (χ4v) is 9.75. The zero-order chi connectivity index (χ0) is 31.9. The van der Waals surface area contributed by atoms with Crippen LogP contribution >= 0.6 is 11.6 Å². The van der Waals surface area contributed by atoms with Gasteiger partial charge in [-0.3, -0.25) is 9.69 Å². The van der Waals surface area contributed by atoms with Crippen molar-refractivity contribution in [1.82, 2.24) is 9.62 Å². The van der Waals surface area contributed by atoms with Gasteiger partial charge in [0.1, 0.15) is 5.75 Å². The number of carbonyl (C=O) groups excluding carboxylic acids is 1. The van der Waals surface area contributed by atoms with Crippen LogP contribution in [0, 0.1) is 11.8 Å². The maximum atomic E-state index is 13.7. The normalized spacial score (nSPS) is 32.2. The summed E-state index contributed by atoms with van der Waals surface area (Å²) in [5.74, 6) is 0.436. The van der Waals surface area contributed by atoms with E-state index in [1.165, 1.54) is 11.1 Å². The quantitative estimate of drug-likeness (QED) is 0.456. The first-order valence-corrected chi connectivity index (χ1v) is 18.6. The van der Waals surface area contributed by atoms with Crippen molar-refractivity contribution in [2.75, 3.05) is 57.4 Å². The first-order valence-electron chi connectivity index (χ1n) is 16.7. The van der Waals surface area contributed by atoms with Crippen molar-refractivity contribution in [3.8, 4) is 5.75 Å². The Morgan fingerprint density at radius 2 is 1.93 bits per heavy atom. The topological polar surface area (TPSA) is 108 Å². The number of carbonyl (C=O) groups is 1. The number of benzene rings is 2. The summed E-state index contributed by atoms with van der Waals surface area (Å²) in [6, 6.07) is 11.4. The largest absolute Gasteiger partial charge is 0.490 e. The van der Waals surface area contributed by atoms with Gasteiger partial charge in [0, 0.05) is 48.7 Å². The monoisotopic (exact) mass is 669 g/mol. The molecular weight excluding hydrogens is 626 g/mol. The number of hydrogen-bond donors (Lipinski definition) is 2. The number of morpholine rings is 1. The van der Waals surface area contributed by atoms with E-state index in [-0.39, 0.29) is 22.8 Å². The third-order valence-electron chi connectivity index (χ3n) is 10.9. The van der Waals surface area contributed by atoms with Gasteiger partial charge in [0.25, 0.3) is 5.91 Å². The average molecular weight is 670 g/mol. The average Bonchev–Trinajstić information content (AvgIpc) is 3.17. The van der Waals surface area contributed by atoms with Crippen molar-refractivity contribution in [2.45, 2.75) is 61.7 Å². The summed E-state index contributed by atoms with van der Waals surface area (Å²) >= 11 is 6.41. The van der Waals surface area contributed by atoms with Crippen molar-refractivity contribution >= 4 is 33.2 Å². The maximum absolute atomic E-state index is 13.7. The Morgan fingerprint density at radius 3 is 2.74 bits per heavy atom. The van der Waals surface area contributed by atoms with E-state index in [4.69, 9.17) is 21.1 Å². The van der Waals surface area contributed by atoms with Crippen LogP contribution in [0.5, 0.6) is 5.75 Å². The third-order valence-corrected chi connectivity index (χ3v) is 12.9. The molecule has 2 fully saturated rings. The number of allylic oxidation sites excluding steroid dienone is 1. The molecule has 9 nitrogen and oxygen atoms in total. The van der Waals surface area contributed by atoms with Crippen LogP contribution in [0.2, 0.25) is 5.02 Å². The molecule has 2 aliphatic carbocycles. The lowest BCUT2D eigenvalue weighted by molar-refractivity contribution is 0.0375. The SMILES string of the molecule is O=C1NS(=O)(=O)[C@@H](CN2CCOCC2)CC/C=C/[C@H](O)[C@@H]2CC[C@H]2CN2C[C@@]3(CCCc4cc(Cl)ccc43)COc3ccc1cc32. The molecule has 2 bridgehead atoms. The van der Waals surface area contributed by atoms with Crippen LogP contribution in [0.3, 0.4) is 0 Å². The molecule has 248 valence electrons. The molecule has 2 aromatic carbocycles. The van der Waals surface area contributed by atoms with E-state index < -0.39 is 27.3 Å². The highest BCUT2D eigenvalue weighted by molar-refractivity contribution is 7.90. The van der Waals surface area contributed by atoms with Crippen molar-refractivity contribution in [1.29, 1.82) is 0 Å². The summed E-state index contributed by atoms with van der Waals surface area (Å²) in [6.07, 6.45) is 8.91. The van der Waals surface area contributed by atoms with Gasteiger partial charge in [-0.2, -0.15) is 0 Å². The highest BCUT2D eigenvalue weighted by Crippen LogP contribution is 2.46. The summed E-state index contributed by atoms with van der Waals surface area (Å²) < 4.78 is 41.9. The van der Waals surface area contributed by atoms with Crippen LogP contribution in [0.15, 0.2) is 48.6 Å². The Hall–Kier alpha value is -2.63. The third kappa shape index (κ3) is 6.43. The van der Waals surface area contributed by atoms with E-state index in [0.717, 1.165) is 42.8 Å². The molecule has 46 heavy (non-hydrogen) atoms. The number of sulfonamides is 1. The van der Waals surface area contributed by atoms with Gasteiger partial charge in [-0.1, -0.05) is 29.8 Å². The number of anilines is 1. The van der Waals surface area contributed by atoms with Crippen LogP contribution in [-0.2, 0) is 26.6 Å². The minimum absolute atomic E-state index is 0.115. The van der Waals surface area contributed by atoms with Gasteiger partial charge in [-0.25, -0.2) is 13.1 Å². The minimum Gasteiger partial charge on any atom is -0.490 e. The highest BCUT2D eigenvalue weighted by Gasteiger charge is 2.44. The van der Waals surface area contributed by atoms with Crippen molar-refractivity contribution < 1.29 is 27.8 Å². The van der Waals surface area contributed by atoms with E-state index >= 15 is 0 Å². The molecule has 1 amide bonds. The van der Waals surface area contributed by atoms with E-state index in [1.807, 2.05) is 18.2 Å². The fraction of sp³-hybridized carbons (Fsp3) is 0.571. The molecule has 3 aliphatic heterocycles. The first-order chi connectivity index (χ1) is 22.2. The minimum atomic E-state index is -4.01. The molecule has 0 unspecified atom stereocenters. The first kappa shape index (κ1) is 31.9. The Labute approximate surface area is 276 Å². The van der Waals surface area contributed by atoms with Crippen LogP contribution in [0.1, 0.15) is 60.0 Å². The van der Waals surface area contributed by atoms with Crippen LogP contribution < -0.4 is 14.4 Å². The Kier molecular flexibility index (Phi) is 9.10. The fourth-order valence-electron chi connectivity index (χ4n) is 8.16. The van der Waals surface area contributed by atoms with Crippen LogP contribution in [-0.4, -0.2) is 88.2 Å². The number of nitrogens with zero attached hydrogens (tertiary/aromatic N) is 2. The number of nitrogens with one attached hydrogen (secondary N) is 1. The summed E-state index contributed by atoms with van der Waals surface area (Å²) in [5, 5.41) is 11.2.